The van der Waals surface area contributed by atoms with E-state index < -0.39 is 11.9 Å². The van der Waals surface area contributed by atoms with Crippen LogP contribution in [0.2, 0.25) is 0 Å². The van der Waals surface area contributed by atoms with Crippen molar-refractivity contribution in [2.24, 2.45) is 4.99 Å². The topological polar surface area (TPSA) is 62.2 Å². The van der Waals surface area contributed by atoms with E-state index in [-0.39, 0.29) is 37.3 Å². The number of aliphatic imine (C=N–C) groups is 1. The van der Waals surface area contributed by atoms with Crippen LogP contribution < -0.4 is 14.8 Å². The maximum absolute atomic E-state index is 12.7. The molecule has 12 heteroatoms. The van der Waals surface area contributed by atoms with Crippen molar-refractivity contribution in [3.05, 3.63) is 39.8 Å². The van der Waals surface area contributed by atoms with Gasteiger partial charge in [-0.15, -0.1) is 35.3 Å². The van der Waals surface area contributed by atoms with Gasteiger partial charge in [-0.1, -0.05) is 6.07 Å². The molecule has 0 amide bonds. The van der Waals surface area contributed by atoms with E-state index in [0.717, 1.165) is 60.9 Å². The molecule has 31 heavy (non-hydrogen) atoms. The summed E-state index contributed by atoms with van der Waals surface area (Å²) in [5.41, 5.74) is 0.316. The SMILES string of the molecule is CN=C(NCc1nc(C(F)(F)F)cs1)N1CCN(Cc2ccc3c(c2)OCO3)CC1.I. The highest BCUT2D eigenvalue weighted by atomic mass is 127. The van der Waals surface area contributed by atoms with Gasteiger partial charge in [0.15, 0.2) is 23.2 Å². The van der Waals surface area contributed by atoms with Crippen molar-refractivity contribution in [1.29, 1.82) is 0 Å². The van der Waals surface area contributed by atoms with Crippen molar-refractivity contribution >= 4 is 41.3 Å². The number of ether oxygens (including phenoxy) is 2. The number of fused-ring (bicyclic) bond motifs is 1. The van der Waals surface area contributed by atoms with E-state index in [1.807, 2.05) is 18.2 Å². The summed E-state index contributed by atoms with van der Waals surface area (Å²) in [7, 11) is 1.67. The Hall–Kier alpha value is -1.80. The fraction of sp³-hybridized carbons (Fsp3) is 0.474. The van der Waals surface area contributed by atoms with Crippen molar-refractivity contribution < 1.29 is 22.6 Å². The van der Waals surface area contributed by atoms with Crippen LogP contribution in [-0.2, 0) is 19.3 Å². The number of piperazine rings is 1. The summed E-state index contributed by atoms with van der Waals surface area (Å²) in [6.45, 7) is 4.55. The second-order valence-corrected chi connectivity index (χ2v) is 7.92. The molecule has 2 aliphatic rings. The van der Waals surface area contributed by atoms with E-state index in [4.69, 9.17) is 9.47 Å². The number of thiazole rings is 1. The number of hydrogen-bond donors (Lipinski definition) is 1. The molecule has 0 unspecified atom stereocenters. The number of benzene rings is 1. The van der Waals surface area contributed by atoms with Crippen LogP contribution in [0.15, 0.2) is 28.6 Å². The van der Waals surface area contributed by atoms with Crippen LogP contribution in [0.5, 0.6) is 11.5 Å². The molecule has 0 atom stereocenters. The van der Waals surface area contributed by atoms with Gasteiger partial charge in [0.25, 0.3) is 0 Å². The number of alkyl halides is 3. The zero-order chi connectivity index (χ0) is 21.1. The van der Waals surface area contributed by atoms with Crippen molar-refractivity contribution in [3.8, 4) is 11.5 Å². The minimum absolute atomic E-state index is 0. The summed E-state index contributed by atoms with van der Waals surface area (Å²) >= 11 is 0.991. The number of halogens is 4. The summed E-state index contributed by atoms with van der Waals surface area (Å²) in [6.07, 6.45) is -4.41. The quantitative estimate of drug-likeness (QED) is 0.346. The fourth-order valence-corrected chi connectivity index (χ4v) is 4.17. The second-order valence-electron chi connectivity index (χ2n) is 6.98. The monoisotopic (exact) mass is 569 g/mol. The molecule has 2 aliphatic heterocycles. The Balaban J connectivity index is 0.00000272. The molecule has 1 saturated heterocycles. The van der Waals surface area contributed by atoms with Gasteiger partial charge in [-0.2, -0.15) is 13.2 Å². The molecule has 0 aliphatic carbocycles. The molecular formula is C19H23F3IN5O2S. The van der Waals surface area contributed by atoms with E-state index in [1.54, 1.807) is 7.05 Å². The van der Waals surface area contributed by atoms with Gasteiger partial charge in [-0.25, -0.2) is 4.98 Å². The molecular weight excluding hydrogens is 546 g/mol. The van der Waals surface area contributed by atoms with Gasteiger partial charge in [-0.05, 0) is 17.7 Å². The standard InChI is InChI=1S/C19H22F3N5O2S.HI/c1-23-18(24-9-17-25-16(11-30-17)19(20,21)22)27-6-4-26(5-7-27)10-13-2-3-14-15(8-13)29-12-28-14;/h2-3,8,11H,4-7,9-10,12H2,1H3,(H,23,24);1H. The van der Waals surface area contributed by atoms with E-state index in [9.17, 15) is 13.2 Å². The van der Waals surface area contributed by atoms with E-state index >= 15 is 0 Å². The molecule has 3 heterocycles. The first-order valence-corrected chi connectivity index (χ1v) is 10.4. The van der Waals surface area contributed by atoms with E-state index in [2.05, 4.69) is 25.1 Å². The van der Waals surface area contributed by atoms with E-state index in [1.165, 1.54) is 5.56 Å². The molecule has 4 rings (SSSR count). The molecule has 2 aromatic rings. The summed E-state index contributed by atoms with van der Waals surface area (Å²) in [4.78, 5) is 12.4. The molecule has 1 N–H and O–H groups in total. The highest BCUT2D eigenvalue weighted by Crippen LogP contribution is 2.33. The number of nitrogens with zero attached hydrogens (tertiary/aromatic N) is 4. The highest BCUT2D eigenvalue weighted by Gasteiger charge is 2.33. The molecule has 0 saturated carbocycles. The Morgan fingerprint density at radius 1 is 1.19 bits per heavy atom. The third kappa shape index (κ3) is 5.92. The van der Waals surface area contributed by atoms with Gasteiger partial charge in [0.05, 0.1) is 6.54 Å². The van der Waals surface area contributed by atoms with Crippen LogP contribution in [0.1, 0.15) is 16.3 Å². The maximum atomic E-state index is 12.7. The Bertz CT molecular complexity index is 916. The van der Waals surface area contributed by atoms with Crippen molar-refractivity contribution in [2.45, 2.75) is 19.3 Å². The first kappa shape index (κ1) is 23.9. The van der Waals surface area contributed by atoms with Crippen LogP contribution in [0, 0.1) is 0 Å². The van der Waals surface area contributed by atoms with Gasteiger partial charge < -0.3 is 19.7 Å². The first-order chi connectivity index (χ1) is 14.4. The second kappa shape index (κ2) is 10.2. The van der Waals surface area contributed by atoms with Crippen molar-refractivity contribution in [1.82, 2.24) is 20.1 Å². The van der Waals surface area contributed by atoms with Crippen molar-refractivity contribution in [3.63, 3.8) is 0 Å². The molecule has 1 aromatic carbocycles. The zero-order valence-electron chi connectivity index (χ0n) is 16.8. The average molecular weight is 569 g/mol. The maximum Gasteiger partial charge on any atom is 0.434 e. The molecule has 1 aromatic heterocycles. The molecule has 0 spiro atoms. The average Bonchev–Trinajstić information content (AvgIpc) is 3.38. The molecule has 0 radical (unpaired) electrons. The van der Waals surface area contributed by atoms with Gasteiger partial charge in [0.1, 0.15) is 5.01 Å². The third-order valence-electron chi connectivity index (χ3n) is 4.97. The van der Waals surface area contributed by atoms with Crippen LogP contribution in [-0.4, -0.2) is 60.8 Å². The lowest BCUT2D eigenvalue weighted by atomic mass is 10.1. The van der Waals surface area contributed by atoms with Crippen molar-refractivity contribution in [2.75, 3.05) is 40.0 Å². The van der Waals surface area contributed by atoms with Crippen LogP contribution in [0.25, 0.3) is 0 Å². The Morgan fingerprint density at radius 2 is 1.94 bits per heavy atom. The summed E-state index contributed by atoms with van der Waals surface area (Å²) < 4.78 is 48.8. The summed E-state index contributed by atoms with van der Waals surface area (Å²) in [5.74, 6) is 2.23. The molecule has 7 nitrogen and oxygen atoms in total. The number of nitrogens with one attached hydrogen (secondary N) is 1. The molecule has 170 valence electrons. The Kier molecular flexibility index (Phi) is 7.86. The van der Waals surface area contributed by atoms with Gasteiger partial charge in [0, 0.05) is 45.2 Å². The lowest BCUT2D eigenvalue weighted by Gasteiger charge is -2.36. The molecule has 1 fully saturated rings. The normalized spacial score (nSPS) is 16.9. The van der Waals surface area contributed by atoms with Gasteiger partial charge >= 0.3 is 6.18 Å². The fourth-order valence-electron chi connectivity index (χ4n) is 3.42. The number of rotatable bonds is 4. The lowest BCUT2D eigenvalue weighted by molar-refractivity contribution is -0.140. The zero-order valence-corrected chi connectivity index (χ0v) is 20.0. The van der Waals surface area contributed by atoms with Crippen LogP contribution in [0.3, 0.4) is 0 Å². The number of hydrogen-bond acceptors (Lipinski definition) is 6. The highest BCUT2D eigenvalue weighted by molar-refractivity contribution is 14.0. The summed E-state index contributed by atoms with van der Waals surface area (Å²) in [6, 6.07) is 5.99. The smallest absolute Gasteiger partial charge is 0.434 e. The lowest BCUT2D eigenvalue weighted by Crippen LogP contribution is -2.52. The third-order valence-corrected chi connectivity index (χ3v) is 5.82. The first-order valence-electron chi connectivity index (χ1n) is 9.50. The van der Waals surface area contributed by atoms with Crippen LogP contribution in [0.4, 0.5) is 13.2 Å². The summed E-state index contributed by atoms with van der Waals surface area (Å²) in [5, 5.41) is 4.54. The van der Waals surface area contributed by atoms with Gasteiger partial charge in [0.2, 0.25) is 6.79 Å². The predicted octanol–water partition coefficient (Wildman–Crippen LogP) is 3.40. The molecule has 0 bridgehead atoms. The van der Waals surface area contributed by atoms with Gasteiger partial charge in [-0.3, -0.25) is 9.89 Å². The number of aromatic nitrogens is 1. The minimum atomic E-state index is -4.41. The predicted molar refractivity (Wildman–Crippen MR) is 122 cm³/mol. The Labute approximate surface area is 199 Å². The number of guanidine groups is 1. The Morgan fingerprint density at radius 3 is 2.61 bits per heavy atom. The van der Waals surface area contributed by atoms with E-state index in [0.29, 0.717) is 11.0 Å². The van der Waals surface area contributed by atoms with Crippen LogP contribution >= 0.6 is 35.3 Å². The largest absolute Gasteiger partial charge is 0.454 e. The minimum Gasteiger partial charge on any atom is -0.454 e.